The maximum absolute atomic E-state index is 10.9. The molecular formula is C11H18N2OS. The Morgan fingerprint density at radius 1 is 1.20 bits per heavy atom. The van der Waals surface area contributed by atoms with Crippen molar-refractivity contribution in [3.05, 3.63) is 20.8 Å². The molecule has 4 heteroatoms. The number of rotatable bonds is 6. The minimum absolute atomic E-state index is 0.000131. The van der Waals surface area contributed by atoms with E-state index in [1.54, 1.807) is 6.07 Å². The zero-order valence-corrected chi connectivity index (χ0v) is 10.4. The first-order valence-electron chi connectivity index (χ1n) is 5.18. The molecule has 0 radical (unpaired) electrons. The fourth-order valence-electron chi connectivity index (χ4n) is 1.48. The van der Waals surface area contributed by atoms with Crippen LogP contribution in [-0.4, -0.2) is 39.1 Å². The number of nitrogens with zero attached hydrogens (tertiary/aromatic N) is 2. The standard InChI is InChI=1S/C11H18N2OS/c1-12(2)6-4-5-7-13(3)9-8-10(14)11(9)15/h8H,4-7H2,1-3H3. The molecule has 0 spiro atoms. The molecule has 0 bridgehead atoms. The van der Waals surface area contributed by atoms with E-state index in [0.29, 0.717) is 4.51 Å². The summed E-state index contributed by atoms with van der Waals surface area (Å²) >= 11 is 4.96. The lowest BCUT2D eigenvalue weighted by atomic mass is 10.2. The fraction of sp³-hybridized carbons (Fsp3) is 0.636. The van der Waals surface area contributed by atoms with Gasteiger partial charge in [0.05, 0.1) is 5.69 Å². The summed E-state index contributed by atoms with van der Waals surface area (Å²) in [6.45, 7) is 2.07. The minimum Gasteiger partial charge on any atom is -0.373 e. The lowest BCUT2D eigenvalue weighted by Crippen LogP contribution is -2.25. The van der Waals surface area contributed by atoms with E-state index in [9.17, 15) is 4.79 Å². The van der Waals surface area contributed by atoms with Crippen molar-refractivity contribution in [2.75, 3.05) is 39.1 Å². The molecule has 15 heavy (non-hydrogen) atoms. The van der Waals surface area contributed by atoms with E-state index in [2.05, 4.69) is 23.9 Å². The van der Waals surface area contributed by atoms with Gasteiger partial charge in [0.15, 0.2) is 0 Å². The minimum atomic E-state index is 0.000131. The van der Waals surface area contributed by atoms with Crippen molar-refractivity contribution in [3.8, 4) is 0 Å². The van der Waals surface area contributed by atoms with Gasteiger partial charge in [-0.15, -0.1) is 0 Å². The molecule has 0 aromatic heterocycles. The number of hydrogen-bond acceptors (Lipinski definition) is 4. The van der Waals surface area contributed by atoms with Crippen molar-refractivity contribution in [1.29, 1.82) is 0 Å². The first-order chi connectivity index (χ1) is 7.02. The van der Waals surface area contributed by atoms with Gasteiger partial charge in [-0.25, -0.2) is 0 Å². The van der Waals surface area contributed by atoms with E-state index >= 15 is 0 Å². The van der Waals surface area contributed by atoms with Gasteiger partial charge in [-0.2, -0.15) is 0 Å². The van der Waals surface area contributed by atoms with Crippen LogP contribution in [0.15, 0.2) is 10.9 Å². The average molecular weight is 226 g/mol. The molecule has 0 N–H and O–H groups in total. The fourth-order valence-corrected chi connectivity index (χ4v) is 1.76. The Morgan fingerprint density at radius 2 is 1.80 bits per heavy atom. The third-order valence-corrected chi connectivity index (χ3v) is 2.89. The molecule has 0 unspecified atom stereocenters. The van der Waals surface area contributed by atoms with Gasteiger partial charge in [0.1, 0.15) is 4.51 Å². The van der Waals surface area contributed by atoms with Gasteiger partial charge in [0.2, 0.25) is 5.43 Å². The smallest absolute Gasteiger partial charge is 0.200 e. The molecule has 1 aromatic carbocycles. The third-order valence-electron chi connectivity index (χ3n) is 2.48. The number of anilines is 1. The lowest BCUT2D eigenvalue weighted by molar-refractivity contribution is 0.395. The lowest BCUT2D eigenvalue weighted by Gasteiger charge is -2.20. The Kier molecular flexibility index (Phi) is 4.42. The van der Waals surface area contributed by atoms with E-state index in [-0.39, 0.29) is 5.43 Å². The quantitative estimate of drug-likeness (QED) is 0.541. The molecule has 3 nitrogen and oxygen atoms in total. The van der Waals surface area contributed by atoms with Crippen LogP contribution in [0.5, 0.6) is 0 Å². The summed E-state index contributed by atoms with van der Waals surface area (Å²) in [5.41, 5.74) is 0.931. The van der Waals surface area contributed by atoms with Crippen molar-refractivity contribution in [1.82, 2.24) is 4.90 Å². The molecule has 0 heterocycles. The largest absolute Gasteiger partial charge is 0.373 e. The van der Waals surface area contributed by atoms with E-state index in [1.807, 2.05) is 7.05 Å². The van der Waals surface area contributed by atoms with Crippen LogP contribution in [0.1, 0.15) is 12.8 Å². The van der Waals surface area contributed by atoms with Gasteiger partial charge in [-0.1, -0.05) is 12.2 Å². The highest BCUT2D eigenvalue weighted by atomic mass is 32.1. The first-order valence-corrected chi connectivity index (χ1v) is 5.59. The van der Waals surface area contributed by atoms with Crippen LogP contribution in [0.2, 0.25) is 0 Å². The van der Waals surface area contributed by atoms with Gasteiger partial charge in [-0.3, -0.25) is 4.79 Å². The van der Waals surface area contributed by atoms with Gasteiger partial charge in [0, 0.05) is 19.7 Å². The Bertz CT molecular complexity index is 380. The van der Waals surface area contributed by atoms with Crippen LogP contribution in [0.3, 0.4) is 0 Å². The van der Waals surface area contributed by atoms with Crippen molar-refractivity contribution in [2.45, 2.75) is 12.8 Å². The zero-order chi connectivity index (χ0) is 11.4. The Morgan fingerprint density at radius 3 is 2.27 bits per heavy atom. The summed E-state index contributed by atoms with van der Waals surface area (Å²) in [7, 11) is 6.14. The summed E-state index contributed by atoms with van der Waals surface area (Å²) in [5.74, 6) is 0. The molecule has 0 atom stereocenters. The van der Waals surface area contributed by atoms with Crippen LogP contribution in [0, 0.1) is 4.51 Å². The summed E-state index contributed by atoms with van der Waals surface area (Å²) in [5, 5.41) is 0. The third kappa shape index (κ3) is 3.39. The van der Waals surface area contributed by atoms with Gasteiger partial charge in [-0.05, 0) is 33.5 Å². The van der Waals surface area contributed by atoms with Crippen LogP contribution in [-0.2, 0) is 0 Å². The molecule has 0 fully saturated rings. The van der Waals surface area contributed by atoms with Crippen LogP contribution in [0.4, 0.5) is 5.69 Å². The van der Waals surface area contributed by atoms with Crippen molar-refractivity contribution >= 4 is 17.9 Å². The van der Waals surface area contributed by atoms with Gasteiger partial charge < -0.3 is 9.80 Å². The highest BCUT2D eigenvalue weighted by molar-refractivity contribution is 7.71. The molecule has 0 amide bonds. The Labute approximate surface area is 96.0 Å². The number of unbranched alkanes of at least 4 members (excludes halogenated alkanes) is 1. The molecule has 0 aliphatic rings. The topological polar surface area (TPSA) is 23.6 Å². The molecule has 0 aliphatic carbocycles. The highest BCUT2D eigenvalue weighted by Crippen LogP contribution is 2.13. The van der Waals surface area contributed by atoms with E-state index in [0.717, 1.165) is 25.2 Å². The molecule has 0 saturated heterocycles. The van der Waals surface area contributed by atoms with Crippen LogP contribution >= 0.6 is 12.2 Å². The molecule has 1 rings (SSSR count). The second-order valence-electron chi connectivity index (χ2n) is 4.15. The molecule has 1 aromatic rings. The number of hydrogen-bond donors (Lipinski definition) is 0. The van der Waals surface area contributed by atoms with E-state index in [1.165, 1.54) is 6.42 Å². The SMILES string of the molecule is CN(C)CCCCN(C)c1cc(=O)c1=S. The van der Waals surface area contributed by atoms with E-state index < -0.39 is 0 Å². The Balaban J connectivity index is 2.26. The predicted molar refractivity (Wildman–Crippen MR) is 67.0 cm³/mol. The summed E-state index contributed by atoms with van der Waals surface area (Å²) in [6.07, 6.45) is 2.30. The molecular weight excluding hydrogens is 208 g/mol. The zero-order valence-electron chi connectivity index (χ0n) is 9.62. The first kappa shape index (κ1) is 12.3. The molecule has 0 saturated carbocycles. The maximum Gasteiger partial charge on any atom is 0.200 e. The highest BCUT2D eigenvalue weighted by Gasteiger charge is 2.09. The van der Waals surface area contributed by atoms with Gasteiger partial charge >= 0.3 is 0 Å². The van der Waals surface area contributed by atoms with Crippen molar-refractivity contribution in [3.63, 3.8) is 0 Å². The Hall–Kier alpha value is -0.740. The van der Waals surface area contributed by atoms with E-state index in [4.69, 9.17) is 12.2 Å². The monoisotopic (exact) mass is 226 g/mol. The predicted octanol–water partition coefficient (Wildman–Crippen LogP) is 1.43. The van der Waals surface area contributed by atoms with Crippen molar-refractivity contribution in [2.24, 2.45) is 0 Å². The molecule has 84 valence electrons. The summed E-state index contributed by atoms with van der Waals surface area (Å²) in [4.78, 5) is 15.2. The normalized spacial score (nSPS) is 11.2. The summed E-state index contributed by atoms with van der Waals surface area (Å²) < 4.78 is 0.491. The second-order valence-corrected chi connectivity index (χ2v) is 4.56. The van der Waals surface area contributed by atoms with Crippen molar-refractivity contribution < 1.29 is 0 Å². The second kappa shape index (κ2) is 5.37. The van der Waals surface area contributed by atoms with Crippen LogP contribution in [0.25, 0.3) is 0 Å². The van der Waals surface area contributed by atoms with Crippen LogP contribution < -0.4 is 10.3 Å². The molecule has 0 aliphatic heterocycles. The average Bonchev–Trinajstić information content (AvgIpc) is 2.19. The van der Waals surface area contributed by atoms with Gasteiger partial charge in [0.25, 0.3) is 0 Å². The maximum atomic E-state index is 10.9. The summed E-state index contributed by atoms with van der Waals surface area (Å²) in [6, 6.07) is 1.62.